The fraction of sp³-hybridized carbons (Fsp3) is 0.727. The Bertz CT molecular complexity index is 345. The molecule has 0 saturated carbocycles. The number of piperidine rings is 1. The Balaban J connectivity index is 1.76. The average molecular weight is 237 g/mol. The summed E-state index contributed by atoms with van der Waals surface area (Å²) < 4.78 is 0. The predicted octanol–water partition coefficient (Wildman–Crippen LogP) is 0.266. The Labute approximate surface area is 101 Å². The van der Waals surface area contributed by atoms with Gasteiger partial charge < -0.3 is 10.2 Å². The lowest BCUT2D eigenvalue weighted by atomic mass is 9.94. The van der Waals surface area contributed by atoms with Gasteiger partial charge in [0.2, 0.25) is 0 Å². The Kier molecular flexibility index (Phi) is 4.08. The minimum atomic E-state index is -0.0623. The molecule has 1 aliphatic rings. The molecule has 0 atom stereocenters. The van der Waals surface area contributed by atoms with Gasteiger partial charge in [0.15, 0.2) is 5.69 Å². The summed E-state index contributed by atoms with van der Waals surface area (Å²) in [5, 5.41) is 13.2. The lowest BCUT2D eigenvalue weighted by Gasteiger charge is -2.24. The van der Waals surface area contributed by atoms with E-state index in [2.05, 4.69) is 20.7 Å². The van der Waals surface area contributed by atoms with Crippen molar-refractivity contribution in [2.24, 2.45) is 5.92 Å². The first kappa shape index (κ1) is 12.0. The Morgan fingerprint density at radius 1 is 1.53 bits per heavy atom. The van der Waals surface area contributed by atoms with Crippen molar-refractivity contribution in [3.05, 3.63) is 11.9 Å². The van der Waals surface area contributed by atoms with Crippen LogP contribution >= 0.6 is 0 Å². The van der Waals surface area contributed by atoms with E-state index in [1.165, 1.54) is 19.0 Å². The summed E-state index contributed by atoms with van der Waals surface area (Å²) in [4.78, 5) is 13.6. The molecule has 1 fully saturated rings. The van der Waals surface area contributed by atoms with Crippen LogP contribution in [-0.2, 0) is 0 Å². The number of hydrogen-bond acceptors (Lipinski definition) is 4. The third-order valence-corrected chi connectivity index (χ3v) is 3.31. The topological polar surface area (TPSA) is 73.9 Å². The van der Waals surface area contributed by atoms with Gasteiger partial charge in [-0.25, -0.2) is 0 Å². The van der Waals surface area contributed by atoms with Crippen molar-refractivity contribution in [2.75, 3.05) is 26.7 Å². The molecule has 1 saturated heterocycles. The molecular weight excluding hydrogens is 218 g/mol. The summed E-state index contributed by atoms with van der Waals surface area (Å²) >= 11 is 0. The van der Waals surface area contributed by atoms with Gasteiger partial charge in [-0.05, 0) is 38.3 Å². The highest BCUT2D eigenvalue weighted by atomic mass is 16.2. The van der Waals surface area contributed by atoms with E-state index in [4.69, 9.17) is 0 Å². The number of amides is 1. The van der Waals surface area contributed by atoms with Crippen LogP contribution in [-0.4, -0.2) is 52.9 Å². The molecule has 0 bridgehead atoms. The van der Waals surface area contributed by atoms with Crippen molar-refractivity contribution < 1.29 is 4.79 Å². The molecule has 2 heterocycles. The van der Waals surface area contributed by atoms with Crippen LogP contribution in [0.3, 0.4) is 0 Å². The van der Waals surface area contributed by atoms with Gasteiger partial charge in [0.25, 0.3) is 5.91 Å². The van der Waals surface area contributed by atoms with Crippen molar-refractivity contribution in [1.82, 2.24) is 25.6 Å². The maximum Gasteiger partial charge on any atom is 0.275 e. The van der Waals surface area contributed by atoms with Gasteiger partial charge in [-0.1, -0.05) is 5.21 Å². The summed E-state index contributed by atoms with van der Waals surface area (Å²) in [5.74, 6) is 0.677. The molecule has 6 heteroatoms. The van der Waals surface area contributed by atoms with Gasteiger partial charge in [0, 0.05) is 13.6 Å². The van der Waals surface area contributed by atoms with Gasteiger partial charge in [-0.2, -0.15) is 0 Å². The molecule has 1 amide bonds. The standard InChI is InChI=1S/C11H19N5O/c1-16(11(17)10-8-13-15-14-10)7-4-9-2-5-12-6-3-9/h8-9,12H,2-7H2,1H3,(H,13,14,15). The lowest BCUT2D eigenvalue weighted by molar-refractivity contribution is 0.0778. The number of hydrogen-bond donors (Lipinski definition) is 2. The quantitative estimate of drug-likeness (QED) is 0.788. The summed E-state index contributed by atoms with van der Waals surface area (Å²) in [5.41, 5.74) is 0.387. The highest BCUT2D eigenvalue weighted by molar-refractivity contribution is 5.91. The van der Waals surface area contributed by atoms with Crippen LogP contribution in [0.4, 0.5) is 0 Å². The monoisotopic (exact) mass is 237 g/mol. The van der Waals surface area contributed by atoms with Crippen molar-refractivity contribution in [2.45, 2.75) is 19.3 Å². The second-order valence-corrected chi connectivity index (χ2v) is 4.57. The first-order chi connectivity index (χ1) is 8.27. The number of carbonyl (C=O) groups is 1. The number of aromatic amines is 1. The molecule has 0 radical (unpaired) electrons. The highest BCUT2D eigenvalue weighted by Crippen LogP contribution is 2.16. The van der Waals surface area contributed by atoms with E-state index in [1.807, 2.05) is 7.05 Å². The van der Waals surface area contributed by atoms with Crippen LogP contribution in [0.15, 0.2) is 6.20 Å². The maximum absolute atomic E-state index is 11.9. The van der Waals surface area contributed by atoms with Crippen molar-refractivity contribution in [3.8, 4) is 0 Å². The van der Waals surface area contributed by atoms with Gasteiger partial charge >= 0.3 is 0 Å². The molecule has 0 unspecified atom stereocenters. The Morgan fingerprint density at radius 3 is 2.94 bits per heavy atom. The summed E-state index contributed by atoms with van der Waals surface area (Å²) in [7, 11) is 1.82. The first-order valence-corrected chi connectivity index (χ1v) is 6.10. The molecule has 0 spiro atoms. The fourth-order valence-electron chi connectivity index (χ4n) is 2.15. The molecule has 17 heavy (non-hydrogen) atoms. The van der Waals surface area contributed by atoms with Crippen molar-refractivity contribution in [3.63, 3.8) is 0 Å². The third kappa shape index (κ3) is 3.26. The number of H-pyrrole nitrogens is 1. The Morgan fingerprint density at radius 2 is 2.29 bits per heavy atom. The number of rotatable bonds is 4. The maximum atomic E-state index is 11.9. The number of carbonyl (C=O) groups excluding carboxylic acids is 1. The largest absolute Gasteiger partial charge is 0.340 e. The minimum absolute atomic E-state index is 0.0623. The number of nitrogens with one attached hydrogen (secondary N) is 2. The predicted molar refractivity (Wildman–Crippen MR) is 63.6 cm³/mol. The zero-order chi connectivity index (χ0) is 12.1. The zero-order valence-corrected chi connectivity index (χ0v) is 10.1. The number of nitrogens with zero attached hydrogens (tertiary/aromatic N) is 3. The van der Waals surface area contributed by atoms with Crippen LogP contribution in [0.2, 0.25) is 0 Å². The van der Waals surface area contributed by atoms with Gasteiger partial charge in [0.1, 0.15) is 0 Å². The molecule has 94 valence electrons. The van der Waals surface area contributed by atoms with Crippen LogP contribution in [0, 0.1) is 5.92 Å². The summed E-state index contributed by atoms with van der Waals surface area (Å²) in [6, 6.07) is 0. The van der Waals surface area contributed by atoms with E-state index in [1.54, 1.807) is 4.90 Å². The van der Waals surface area contributed by atoms with Crippen LogP contribution in [0.25, 0.3) is 0 Å². The normalized spacial score (nSPS) is 17.0. The molecule has 1 aliphatic heterocycles. The van der Waals surface area contributed by atoms with E-state index in [-0.39, 0.29) is 5.91 Å². The van der Waals surface area contributed by atoms with Crippen molar-refractivity contribution in [1.29, 1.82) is 0 Å². The smallest absolute Gasteiger partial charge is 0.275 e. The van der Waals surface area contributed by atoms with Crippen LogP contribution in [0.1, 0.15) is 29.8 Å². The SMILES string of the molecule is CN(CCC1CCNCC1)C(=O)c1c[nH]nn1. The second kappa shape index (κ2) is 5.77. The van der Waals surface area contributed by atoms with Gasteiger partial charge in [-0.3, -0.25) is 9.89 Å². The summed E-state index contributed by atoms with van der Waals surface area (Å²) in [6.45, 7) is 2.99. The van der Waals surface area contributed by atoms with Crippen molar-refractivity contribution >= 4 is 5.91 Å². The zero-order valence-electron chi connectivity index (χ0n) is 10.1. The first-order valence-electron chi connectivity index (χ1n) is 6.10. The molecule has 0 aliphatic carbocycles. The van der Waals surface area contributed by atoms with E-state index in [0.717, 1.165) is 32.0 Å². The van der Waals surface area contributed by atoms with E-state index >= 15 is 0 Å². The summed E-state index contributed by atoms with van der Waals surface area (Å²) in [6.07, 6.45) is 5.03. The van der Waals surface area contributed by atoms with E-state index in [9.17, 15) is 4.79 Å². The molecule has 1 aromatic heterocycles. The van der Waals surface area contributed by atoms with Gasteiger partial charge in [0.05, 0.1) is 6.20 Å². The van der Waals surface area contributed by atoms with Gasteiger partial charge in [-0.15, -0.1) is 5.10 Å². The number of aromatic nitrogens is 3. The Hall–Kier alpha value is -1.43. The fourth-order valence-corrected chi connectivity index (χ4v) is 2.15. The molecule has 0 aromatic carbocycles. The molecular formula is C11H19N5O. The van der Waals surface area contributed by atoms with E-state index < -0.39 is 0 Å². The third-order valence-electron chi connectivity index (χ3n) is 3.31. The van der Waals surface area contributed by atoms with E-state index in [0.29, 0.717) is 5.69 Å². The second-order valence-electron chi connectivity index (χ2n) is 4.57. The highest BCUT2D eigenvalue weighted by Gasteiger charge is 2.17. The van der Waals surface area contributed by atoms with Crippen LogP contribution in [0.5, 0.6) is 0 Å². The average Bonchev–Trinajstić information content (AvgIpc) is 2.90. The van der Waals surface area contributed by atoms with Crippen LogP contribution < -0.4 is 5.32 Å². The molecule has 6 nitrogen and oxygen atoms in total. The lowest BCUT2D eigenvalue weighted by Crippen LogP contribution is -2.32. The minimum Gasteiger partial charge on any atom is -0.340 e. The molecule has 2 rings (SSSR count). The molecule has 2 N–H and O–H groups in total. The molecule has 1 aromatic rings.